The Morgan fingerprint density at radius 2 is 2.35 bits per heavy atom. The van der Waals surface area contributed by atoms with Crippen LogP contribution in [0.5, 0.6) is 0 Å². The molecule has 11 heteroatoms. The SMILES string of the molecule is O=[N+]([O-])c1c(Sc2nnnn2C2CC2)nc2sccn12. The first-order valence-electron chi connectivity index (χ1n) is 5.79. The molecule has 20 heavy (non-hydrogen) atoms. The van der Waals surface area contributed by atoms with E-state index in [1.54, 1.807) is 16.3 Å². The first kappa shape index (κ1) is 11.8. The number of nitrogens with zero attached hydrogens (tertiary/aromatic N) is 7. The predicted octanol–water partition coefficient (Wildman–Crippen LogP) is 1.78. The second-order valence-corrected chi connectivity index (χ2v) is 6.12. The lowest BCUT2D eigenvalue weighted by Gasteiger charge is -1.99. The molecule has 4 rings (SSSR count). The van der Waals surface area contributed by atoms with Gasteiger partial charge in [-0.2, -0.15) is 9.38 Å². The Kier molecular flexibility index (Phi) is 2.50. The molecule has 0 unspecified atom stereocenters. The molecule has 3 heterocycles. The minimum Gasteiger partial charge on any atom is -0.358 e. The van der Waals surface area contributed by atoms with Gasteiger partial charge in [0.1, 0.15) is 6.20 Å². The van der Waals surface area contributed by atoms with Crippen molar-refractivity contribution in [3.05, 3.63) is 21.7 Å². The van der Waals surface area contributed by atoms with Crippen LogP contribution in [-0.4, -0.2) is 34.5 Å². The zero-order chi connectivity index (χ0) is 13.7. The molecule has 3 aromatic rings. The molecule has 0 atom stereocenters. The van der Waals surface area contributed by atoms with Gasteiger partial charge in [0.25, 0.3) is 4.96 Å². The van der Waals surface area contributed by atoms with Crippen molar-refractivity contribution in [2.24, 2.45) is 0 Å². The summed E-state index contributed by atoms with van der Waals surface area (Å²) in [5.41, 5.74) is 0. The van der Waals surface area contributed by atoms with E-state index in [9.17, 15) is 10.1 Å². The topological polar surface area (TPSA) is 104 Å². The van der Waals surface area contributed by atoms with E-state index in [4.69, 9.17) is 0 Å². The average molecular weight is 309 g/mol. The summed E-state index contributed by atoms with van der Waals surface area (Å²) < 4.78 is 3.18. The van der Waals surface area contributed by atoms with Crippen LogP contribution < -0.4 is 0 Å². The Labute approximate surface area is 119 Å². The summed E-state index contributed by atoms with van der Waals surface area (Å²) in [6.07, 6.45) is 3.72. The zero-order valence-electron chi connectivity index (χ0n) is 9.91. The summed E-state index contributed by atoms with van der Waals surface area (Å²) in [5.74, 6) is -0.0448. The number of rotatable bonds is 4. The molecule has 1 aliphatic rings. The Bertz CT molecular complexity index is 802. The van der Waals surface area contributed by atoms with Crippen LogP contribution in [-0.2, 0) is 0 Å². The van der Waals surface area contributed by atoms with Gasteiger partial charge in [0.2, 0.25) is 10.2 Å². The third kappa shape index (κ3) is 1.78. The van der Waals surface area contributed by atoms with Gasteiger partial charge < -0.3 is 10.1 Å². The largest absolute Gasteiger partial charge is 0.363 e. The van der Waals surface area contributed by atoms with Gasteiger partial charge in [-0.1, -0.05) is 11.3 Å². The molecule has 1 saturated carbocycles. The lowest BCUT2D eigenvalue weighted by molar-refractivity contribution is -0.393. The second kappa shape index (κ2) is 4.24. The zero-order valence-corrected chi connectivity index (χ0v) is 11.5. The molecule has 0 spiro atoms. The van der Waals surface area contributed by atoms with E-state index >= 15 is 0 Å². The third-order valence-corrected chi connectivity index (χ3v) is 4.60. The highest BCUT2D eigenvalue weighted by Gasteiger charge is 2.31. The van der Waals surface area contributed by atoms with Gasteiger partial charge in [-0.3, -0.25) is 0 Å². The number of tetrazole rings is 1. The molecule has 0 amide bonds. The maximum Gasteiger partial charge on any atom is 0.363 e. The van der Waals surface area contributed by atoms with Gasteiger partial charge in [0.05, 0.1) is 6.04 Å². The smallest absolute Gasteiger partial charge is 0.358 e. The number of fused-ring (bicyclic) bond motifs is 1. The van der Waals surface area contributed by atoms with Crippen molar-refractivity contribution in [1.82, 2.24) is 29.6 Å². The summed E-state index contributed by atoms with van der Waals surface area (Å²) in [6.45, 7) is 0. The van der Waals surface area contributed by atoms with Gasteiger partial charge in [-0.25, -0.2) is 4.68 Å². The molecule has 1 fully saturated rings. The average Bonchev–Trinajstić information content (AvgIpc) is 2.83. The molecule has 0 N–H and O–H groups in total. The summed E-state index contributed by atoms with van der Waals surface area (Å²) >= 11 is 2.49. The highest BCUT2D eigenvalue weighted by Crippen LogP contribution is 2.40. The normalized spacial score (nSPS) is 15.0. The molecular weight excluding hydrogens is 302 g/mol. The van der Waals surface area contributed by atoms with Crippen molar-refractivity contribution < 1.29 is 4.92 Å². The van der Waals surface area contributed by atoms with E-state index in [1.807, 2.05) is 0 Å². The molecule has 0 radical (unpaired) electrons. The first-order valence-corrected chi connectivity index (χ1v) is 7.49. The van der Waals surface area contributed by atoms with Crippen LogP contribution in [0, 0.1) is 10.1 Å². The van der Waals surface area contributed by atoms with Crippen molar-refractivity contribution in [3.8, 4) is 0 Å². The van der Waals surface area contributed by atoms with Crippen LogP contribution in [0.1, 0.15) is 18.9 Å². The molecule has 102 valence electrons. The molecule has 9 nitrogen and oxygen atoms in total. The minimum absolute atomic E-state index is 0.0448. The maximum atomic E-state index is 11.2. The van der Waals surface area contributed by atoms with Crippen LogP contribution in [0.15, 0.2) is 21.8 Å². The van der Waals surface area contributed by atoms with E-state index in [1.165, 1.54) is 15.7 Å². The standard InChI is InChI=1S/C9H7N7O2S2/c17-16(18)7-6(10-8-14(7)3-4-19-8)20-9-11-12-13-15(9)5-1-2-5/h3-5H,1-2H2. The lowest BCUT2D eigenvalue weighted by Crippen LogP contribution is -1.99. The number of aromatic nitrogens is 6. The predicted molar refractivity (Wildman–Crippen MR) is 69.9 cm³/mol. The summed E-state index contributed by atoms with van der Waals surface area (Å²) in [6, 6.07) is 0.315. The van der Waals surface area contributed by atoms with Gasteiger partial charge in [0, 0.05) is 5.38 Å². The van der Waals surface area contributed by atoms with Crippen molar-refractivity contribution in [2.75, 3.05) is 0 Å². The van der Waals surface area contributed by atoms with Gasteiger partial charge >= 0.3 is 5.82 Å². The number of thiazole rings is 1. The Morgan fingerprint density at radius 1 is 1.50 bits per heavy atom. The molecule has 0 bridgehead atoms. The lowest BCUT2D eigenvalue weighted by atomic mass is 10.7. The Morgan fingerprint density at radius 3 is 3.10 bits per heavy atom. The molecular formula is C9H7N7O2S2. The highest BCUT2D eigenvalue weighted by atomic mass is 32.2. The summed E-state index contributed by atoms with van der Waals surface area (Å²) in [7, 11) is 0. The fourth-order valence-corrected chi connectivity index (χ4v) is 3.57. The van der Waals surface area contributed by atoms with E-state index in [0.29, 0.717) is 21.2 Å². The Balaban J connectivity index is 1.78. The van der Waals surface area contributed by atoms with E-state index < -0.39 is 4.92 Å². The Hall–Kier alpha value is -2.01. The fraction of sp³-hybridized carbons (Fsp3) is 0.333. The van der Waals surface area contributed by atoms with Crippen LogP contribution in [0.4, 0.5) is 5.82 Å². The second-order valence-electron chi connectivity index (χ2n) is 4.29. The highest BCUT2D eigenvalue weighted by molar-refractivity contribution is 7.99. The minimum atomic E-state index is -0.430. The fourth-order valence-electron chi connectivity index (χ4n) is 1.88. The van der Waals surface area contributed by atoms with Crippen molar-refractivity contribution in [3.63, 3.8) is 0 Å². The number of hydrogen-bond acceptors (Lipinski definition) is 8. The summed E-state index contributed by atoms with van der Waals surface area (Å²) in [5, 5.41) is 25.3. The molecule has 0 aliphatic heterocycles. The molecule has 3 aromatic heterocycles. The van der Waals surface area contributed by atoms with E-state index in [0.717, 1.165) is 24.6 Å². The van der Waals surface area contributed by atoms with E-state index in [2.05, 4.69) is 20.5 Å². The van der Waals surface area contributed by atoms with Crippen molar-refractivity contribution in [2.45, 2.75) is 29.1 Å². The quantitative estimate of drug-likeness (QED) is 0.534. The molecule has 1 aliphatic carbocycles. The van der Waals surface area contributed by atoms with E-state index in [-0.39, 0.29) is 5.82 Å². The van der Waals surface area contributed by atoms with Crippen LogP contribution in [0.2, 0.25) is 0 Å². The monoisotopic (exact) mass is 309 g/mol. The van der Waals surface area contributed by atoms with Gasteiger partial charge in [0.15, 0.2) is 0 Å². The number of imidazole rings is 1. The third-order valence-electron chi connectivity index (χ3n) is 2.92. The van der Waals surface area contributed by atoms with Crippen LogP contribution in [0.3, 0.4) is 0 Å². The first-order chi connectivity index (χ1) is 9.74. The van der Waals surface area contributed by atoms with Crippen LogP contribution in [0.25, 0.3) is 4.96 Å². The number of hydrogen-bond donors (Lipinski definition) is 0. The van der Waals surface area contributed by atoms with Crippen molar-refractivity contribution in [1.29, 1.82) is 0 Å². The van der Waals surface area contributed by atoms with Crippen LogP contribution >= 0.6 is 23.1 Å². The molecule has 0 aromatic carbocycles. The van der Waals surface area contributed by atoms with Gasteiger partial charge in [-0.05, 0) is 40.0 Å². The van der Waals surface area contributed by atoms with Crippen molar-refractivity contribution >= 4 is 33.9 Å². The maximum absolute atomic E-state index is 11.2. The molecule has 0 saturated heterocycles. The van der Waals surface area contributed by atoms with Gasteiger partial charge in [-0.15, -0.1) is 5.10 Å². The summed E-state index contributed by atoms with van der Waals surface area (Å²) in [4.78, 5) is 15.7. The number of nitro groups is 1.